The SMILES string of the molecule is CCN(C(=O)c1ccoc1Br)C1CCCCC1CN. The number of hydrogen-bond acceptors (Lipinski definition) is 3. The van der Waals surface area contributed by atoms with E-state index in [2.05, 4.69) is 15.9 Å². The van der Waals surface area contributed by atoms with Gasteiger partial charge in [0.15, 0.2) is 4.67 Å². The Kier molecular flexibility index (Phi) is 5.05. The lowest BCUT2D eigenvalue weighted by Gasteiger charge is -2.39. The van der Waals surface area contributed by atoms with Crippen LogP contribution >= 0.6 is 15.9 Å². The maximum atomic E-state index is 12.6. The lowest BCUT2D eigenvalue weighted by atomic mass is 9.83. The molecule has 1 heterocycles. The van der Waals surface area contributed by atoms with Gasteiger partial charge in [0, 0.05) is 12.6 Å². The predicted molar refractivity (Wildman–Crippen MR) is 77.9 cm³/mol. The summed E-state index contributed by atoms with van der Waals surface area (Å²) >= 11 is 3.28. The highest BCUT2D eigenvalue weighted by Gasteiger charge is 2.32. The van der Waals surface area contributed by atoms with Crippen molar-refractivity contribution in [3.05, 3.63) is 22.6 Å². The number of hydrogen-bond donors (Lipinski definition) is 1. The minimum atomic E-state index is 0.0356. The van der Waals surface area contributed by atoms with Crippen molar-refractivity contribution in [2.24, 2.45) is 11.7 Å². The van der Waals surface area contributed by atoms with Crippen molar-refractivity contribution in [1.29, 1.82) is 0 Å². The molecule has 4 nitrogen and oxygen atoms in total. The van der Waals surface area contributed by atoms with E-state index < -0.39 is 0 Å². The van der Waals surface area contributed by atoms with Gasteiger partial charge in [-0.1, -0.05) is 12.8 Å². The summed E-state index contributed by atoms with van der Waals surface area (Å²) in [5.74, 6) is 0.455. The van der Waals surface area contributed by atoms with E-state index in [4.69, 9.17) is 10.2 Å². The van der Waals surface area contributed by atoms with E-state index in [1.54, 1.807) is 6.07 Å². The van der Waals surface area contributed by atoms with Gasteiger partial charge in [0.2, 0.25) is 0 Å². The molecule has 1 amide bonds. The molecular weight excluding hydrogens is 308 g/mol. The number of carbonyl (C=O) groups is 1. The van der Waals surface area contributed by atoms with Crippen LogP contribution in [0, 0.1) is 5.92 Å². The van der Waals surface area contributed by atoms with E-state index in [0.717, 1.165) is 12.8 Å². The Morgan fingerprint density at radius 1 is 1.53 bits per heavy atom. The first-order valence-corrected chi connectivity index (χ1v) is 7.72. The van der Waals surface area contributed by atoms with Crippen LogP contribution in [0.2, 0.25) is 0 Å². The van der Waals surface area contributed by atoms with E-state index in [-0.39, 0.29) is 11.9 Å². The Morgan fingerprint density at radius 3 is 2.84 bits per heavy atom. The van der Waals surface area contributed by atoms with Gasteiger partial charge in [-0.2, -0.15) is 0 Å². The summed E-state index contributed by atoms with van der Waals surface area (Å²) in [6, 6.07) is 1.98. The van der Waals surface area contributed by atoms with E-state index in [0.29, 0.717) is 29.2 Å². The Labute approximate surface area is 122 Å². The zero-order chi connectivity index (χ0) is 13.8. The Balaban J connectivity index is 2.19. The van der Waals surface area contributed by atoms with E-state index in [1.807, 2.05) is 11.8 Å². The third kappa shape index (κ3) is 3.03. The van der Waals surface area contributed by atoms with Crippen LogP contribution in [0.1, 0.15) is 43.0 Å². The van der Waals surface area contributed by atoms with Crippen molar-refractivity contribution in [2.75, 3.05) is 13.1 Å². The molecule has 19 heavy (non-hydrogen) atoms. The monoisotopic (exact) mass is 328 g/mol. The van der Waals surface area contributed by atoms with Crippen LogP contribution < -0.4 is 5.73 Å². The second-order valence-electron chi connectivity index (χ2n) is 5.05. The molecule has 2 atom stereocenters. The Morgan fingerprint density at radius 2 is 2.26 bits per heavy atom. The molecule has 2 N–H and O–H groups in total. The highest BCUT2D eigenvalue weighted by atomic mass is 79.9. The van der Waals surface area contributed by atoms with E-state index >= 15 is 0 Å². The molecule has 0 saturated heterocycles. The van der Waals surface area contributed by atoms with E-state index in [1.165, 1.54) is 19.1 Å². The standard InChI is InChI=1S/C14H21BrN2O2/c1-2-17(12-6-4-3-5-10(12)9-16)14(18)11-7-8-19-13(11)15/h7-8,10,12H,2-6,9,16H2,1H3. The molecule has 1 saturated carbocycles. The molecule has 5 heteroatoms. The molecule has 0 aromatic carbocycles. The first-order chi connectivity index (χ1) is 9.19. The summed E-state index contributed by atoms with van der Waals surface area (Å²) in [5, 5.41) is 0. The van der Waals surface area contributed by atoms with Gasteiger partial charge in [0.1, 0.15) is 0 Å². The van der Waals surface area contributed by atoms with Gasteiger partial charge in [-0.25, -0.2) is 0 Å². The number of halogens is 1. The molecular formula is C14H21BrN2O2. The second kappa shape index (κ2) is 6.57. The largest absolute Gasteiger partial charge is 0.457 e. The molecule has 1 aromatic heterocycles. The summed E-state index contributed by atoms with van der Waals surface area (Å²) in [5.41, 5.74) is 6.47. The molecule has 0 aliphatic heterocycles. The van der Waals surface area contributed by atoms with E-state index in [9.17, 15) is 4.79 Å². The van der Waals surface area contributed by atoms with Crippen LogP contribution in [-0.2, 0) is 0 Å². The van der Waals surface area contributed by atoms with Gasteiger partial charge >= 0.3 is 0 Å². The molecule has 0 bridgehead atoms. The number of nitrogens with zero attached hydrogens (tertiary/aromatic N) is 1. The minimum Gasteiger partial charge on any atom is -0.457 e. The van der Waals surface area contributed by atoms with Crippen LogP contribution in [0.4, 0.5) is 0 Å². The average Bonchev–Trinajstić information content (AvgIpc) is 2.86. The van der Waals surface area contributed by atoms with Crippen LogP contribution in [0.5, 0.6) is 0 Å². The van der Waals surface area contributed by atoms with Crippen molar-refractivity contribution < 1.29 is 9.21 Å². The van der Waals surface area contributed by atoms with Crippen molar-refractivity contribution in [1.82, 2.24) is 4.90 Å². The normalized spacial score (nSPS) is 23.3. The number of furan rings is 1. The minimum absolute atomic E-state index is 0.0356. The fourth-order valence-corrected chi connectivity index (χ4v) is 3.41. The summed E-state index contributed by atoms with van der Waals surface area (Å²) in [7, 11) is 0. The van der Waals surface area contributed by atoms with Crippen LogP contribution in [-0.4, -0.2) is 29.9 Å². The molecule has 106 valence electrons. The van der Waals surface area contributed by atoms with Crippen molar-refractivity contribution >= 4 is 21.8 Å². The maximum absolute atomic E-state index is 12.6. The molecule has 2 rings (SSSR count). The summed E-state index contributed by atoms with van der Waals surface area (Å²) in [6.45, 7) is 3.38. The summed E-state index contributed by atoms with van der Waals surface area (Å²) < 4.78 is 5.68. The van der Waals surface area contributed by atoms with Crippen molar-refractivity contribution in [3.63, 3.8) is 0 Å². The Hall–Kier alpha value is -0.810. The summed E-state index contributed by atoms with van der Waals surface area (Å²) in [6.07, 6.45) is 6.11. The molecule has 0 radical (unpaired) electrons. The lowest BCUT2D eigenvalue weighted by molar-refractivity contribution is 0.0558. The van der Waals surface area contributed by atoms with Gasteiger partial charge in [-0.3, -0.25) is 4.79 Å². The fourth-order valence-electron chi connectivity index (χ4n) is 3.00. The number of carbonyl (C=O) groups excluding carboxylic acids is 1. The third-order valence-corrected chi connectivity index (χ3v) is 4.64. The number of rotatable bonds is 4. The number of amides is 1. The van der Waals surface area contributed by atoms with Crippen molar-refractivity contribution in [2.45, 2.75) is 38.6 Å². The van der Waals surface area contributed by atoms with Crippen LogP contribution in [0.15, 0.2) is 21.4 Å². The predicted octanol–water partition coefficient (Wildman–Crippen LogP) is 3.02. The molecule has 1 aliphatic rings. The highest BCUT2D eigenvalue weighted by Crippen LogP contribution is 2.30. The smallest absolute Gasteiger partial charge is 0.258 e. The van der Waals surface area contributed by atoms with Gasteiger partial charge in [-0.15, -0.1) is 0 Å². The summed E-state index contributed by atoms with van der Waals surface area (Å²) in [4.78, 5) is 14.6. The quantitative estimate of drug-likeness (QED) is 0.924. The van der Waals surface area contributed by atoms with Gasteiger partial charge < -0.3 is 15.1 Å². The zero-order valence-corrected chi connectivity index (χ0v) is 12.9. The lowest BCUT2D eigenvalue weighted by Crippen LogP contribution is -2.48. The van der Waals surface area contributed by atoms with Gasteiger partial charge in [-0.05, 0) is 54.2 Å². The zero-order valence-electron chi connectivity index (χ0n) is 11.3. The van der Waals surface area contributed by atoms with Crippen LogP contribution in [0.25, 0.3) is 0 Å². The molecule has 1 fully saturated rings. The highest BCUT2D eigenvalue weighted by molar-refractivity contribution is 9.10. The average molecular weight is 329 g/mol. The van der Waals surface area contributed by atoms with Crippen molar-refractivity contribution in [3.8, 4) is 0 Å². The van der Waals surface area contributed by atoms with Gasteiger partial charge in [0.25, 0.3) is 5.91 Å². The van der Waals surface area contributed by atoms with Gasteiger partial charge in [0.05, 0.1) is 11.8 Å². The Bertz CT molecular complexity index is 433. The van der Waals surface area contributed by atoms with Crippen LogP contribution in [0.3, 0.4) is 0 Å². The second-order valence-corrected chi connectivity index (χ2v) is 5.77. The number of nitrogens with two attached hydrogens (primary N) is 1. The molecule has 2 unspecified atom stereocenters. The topological polar surface area (TPSA) is 59.5 Å². The molecule has 1 aliphatic carbocycles. The fraction of sp³-hybridized carbons (Fsp3) is 0.643. The first-order valence-electron chi connectivity index (χ1n) is 6.93. The maximum Gasteiger partial charge on any atom is 0.258 e. The molecule has 1 aromatic rings. The molecule has 0 spiro atoms. The first kappa shape index (κ1) is 14.6. The third-order valence-electron chi connectivity index (χ3n) is 4.02.